The first kappa shape index (κ1) is 18.9. The van der Waals surface area contributed by atoms with Gasteiger partial charge in [0.15, 0.2) is 0 Å². The summed E-state index contributed by atoms with van der Waals surface area (Å²) in [6.07, 6.45) is 0. The fourth-order valence-corrected chi connectivity index (χ4v) is 3.26. The lowest BCUT2D eigenvalue weighted by Crippen LogP contribution is -2.41. The molecule has 0 aliphatic carbocycles. The summed E-state index contributed by atoms with van der Waals surface area (Å²) in [4.78, 5) is 12.1. The average Bonchev–Trinajstić information content (AvgIpc) is 2.55. The lowest BCUT2D eigenvalue weighted by atomic mass is 10.3. The van der Waals surface area contributed by atoms with E-state index in [4.69, 9.17) is 4.74 Å². The molecule has 2 aromatic rings. The second kappa shape index (κ2) is 8.09. The molecule has 0 spiro atoms. The highest BCUT2D eigenvalue weighted by molar-refractivity contribution is 7.89. The van der Waals surface area contributed by atoms with Gasteiger partial charge < -0.3 is 10.1 Å². The third kappa shape index (κ3) is 5.27. The minimum absolute atomic E-state index is 0.0151. The zero-order chi connectivity index (χ0) is 18.4. The van der Waals surface area contributed by atoms with E-state index in [1.165, 1.54) is 49.4 Å². The normalized spacial score (nSPS) is 12.4. The lowest BCUT2D eigenvalue weighted by Gasteiger charge is -2.15. The number of ether oxygens (including phenoxy) is 1. The van der Waals surface area contributed by atoms with Gasteiger partial charge in [-0.15, -0.1) is 0 Å². The Morgan fingerprint density at radius 2 is 1.88 bits per heavy atom. The van der Waals surface area contributed by atoms with Crippen LogP contribution in [0.15, 0.2) is 53.4 Å². The molecule has 1 amide bonds. The molecule has 8 heteroatoms. The molecule has 0 aliphatic heterocycles. The minimum Gasteiger partial charge on any atom is -0.494 e. The number of halogens is 1. The average molecular weight is 366 g/mol. The number of benzene rings is 2. The monoisotopic (exact) mass is 366 g/mol. The summed E-state index contributed by atoms with van der Waals surface area (Å²) in [6.45, 7) is 3.70. The van der Waals surface area contributed by atoms with Crippen LogP contribution >= 0.6 is 0 Å². The smallest absolute Gasteiger partial charge is 0.242 e. The lowest BCUT2D eigenvalue weighted by molar-refractivity contribution is -0.117. The maximum Gasteiger partial charge on any atom is 0.242 e. The van der Waals surface area contributed by atoms with Crippen molar-refractivity contribution in [3.8, 4) is 5.75 Å². The van der Waals surface area contributed by atoms with Crippen molar-refractivity contribution < 1.29 is 22.3 Å². The van der Waals surface area contributed by atoms with E-state index < -0.39 is 27.8 Å². The topological polar surface area (TPSA) is 84.5 Å². The van der Waals surface area contributed by atoms with Crippen molar-refractivity contribution in [3.63, 3.8) is 0 Å². The van der Waals surface area contributed by atoms with Crippen molar-refractivity contribution in [2.75, 3.05) is 11.9 Å². The summed E-state index contributed by atoms with van der Waals surface area (Å²) < 4.78 is 45.3. The summed E-state index contributed by atoms with van der Waals surface area (Å²) in [5, 5.41) is 2.46. The van der Waals surface area contributed by atoms with Crippen molar-refractivity contribution in [2.45, 2.75) is 24.8 Å². The zero-order valence-corrected chi connectivity index (χ0v) is 14.6. The number of hydrogen-bond donors (Lipinski definition) is 2. The molecule has 0 saturated carbocycles. The predicted molar refractivity (Wildman–Crippen MR) is 92.4 cm³/mol. The fraction of sp³-hybridized carbons (Fsp3) is 0.235. The van der Waals surface area contributed by atoms with Crippen LogP contribution < -0.4 is 14.8 Å². The number of amides is 1. The maximum absolute atomic E-state index is 13.1. The van der Waals surface area contributed by atoms with Gasteiger partial charge in [0.05, 0.1) is 17.5 Å². The van der Waals surface area contributed by atoms with Gasteiger partial charge in [-0.25, -0.2) is 12.8 Å². The largest absolute Gasteiger partial charge is 0.494 e. The molecule has 0 unspecified atom stereocenters. The van der Waals surface area contributed by atoms with E-state index in [9.17, 15) is 17.6 Å². The Morgan fingerprint density at radius 3 is 2.48 bits per heavy atom. The van der Waals surface area contributed by atoms with Crippen LogP contribution in [0.2, 0.25) is 0 Å². The number of carbonyl (C=O) groups excluding carboxylic acids is 1. The molecular weight excluding hydrogens is 347 g/mol. The van der Waals surface area contributed by atoms with Crippen molar-refractivity contribution in [3.05, 3.63) is 54.3 Å². The Balaban J connectivity index is 2.04. The Hall–Kier alpha value is -2.45. The SMILES string of the molecule is CCOc1ccc(S(=O)(=O)N[C@H](C)C(=O)Nc2cccc(F)c2)cc1. The van der Waals surface area contributed by atoms with Gasteiger partial charge in [-0.3, -0.25) is 4.79 Å². The third-order valence-electron chi connectivity index (χ3n) is 3.26. The second-order valence-electron chi connectivity index (χ2n) is 5.25. The van der Waals surface area contributed by atoms with Crippen molar-refractivity contribution >= 4 is 21.6 Å². The molecular formula is C17H19FN2O4S. The highest BCUT2D eigenvalue weighted by Crippen LogP contribution is 2.16. The molecule has 2 rings (SSSR count). The van der Waals surface area contributed by atoms with Crippen molar-refractivity contribution in [1.82, 2.24) is 4.72 Å². The predicted octanol–water partition coefficient (Wildman–Crippen LogP) is 2.53. The zero-order valence-electron chi connectivity index (χ0n) is 13.8. The summed E-state index contributed by atoms with van der Waals surface area (Å²) in [5.74, 6) is -0.543. The number of anilines is 1. The molecule has 2 N–H and O–H groups in total. The van der Waals surface area contributed by atoms with E-state index >= 15 is 0 Å². The van der Waals surface area contributed by atoms with Gasteiger partial charge in [0.1, 0.15) is 11.6 Å². The van der Waals surface area contributed by atoms with Crippen LogP contribution in [0.3, 0.4) is 0 Å². The number of carbonyl (C=O) groups is 1. The van der Waals surface area contributed by atoms with E-state index in [1.807, 2.05) is 6.92 Å². The number of rotatable bonds is 7. The summed E-state index contributed by atoms with van der Waals surface area (Å²) >= 11 is 0. The van der Waals surface area contributed by atoms with Gasteiger partial charge in [0, 0.05) is 5.69 Å². The Labute approximate surface area is 146 Å². The molecule has 134 valence electrons. The van der Waals surface area contributed by atoms with E-state index in [-0.39, 0.29) is 10.6 Å². The van der Waals surface area contributed by atoms with Gasteiger partial charge >= 0.3 is 0 Å². The Bertz CT molecular complexity index is 838. The minimum atomic E-state index is -3.88. The number of sulfonamides is 1. The highest BCUT2D eigenvalue weighted by Gasteiger charge is 2.22. The van der Waals surface area contributed by atoms with Crippen LogP contribution in [0.4, 0.5) is 10.1 Å². The molecule has 0 saturated heterocycles. The van der Waals surface area contributed by atoms with Gasteiger partial charge in [-0.1, -0.05) is 6.07 Å². The fourth-order valence-electron chi connectivity index (χ4n) is 2.05. The van der Waals surface area contributed by atoms with E-state index in [0.29, 0.717) is 12.4 Å². The molecule has 1 atom stereocenters. The van der Waals surface area contributed by atoms with Gasteiger partial charge in [-0.2, -0.15) is 4.72 Å². The number of hydrogen-bond acceptors (Lipinski definition) is 4. The molecule has 0 heterocycles. The second-order valence-corrected chi connectivity index (χ2v) is 6.96. The van der Waals surface area contributed by atoms with E-state index in [2.05, 4.69) is 10.0 Å². The quantitative estimate of drug-likeness (QED) is 0.789. The summed E-state index contributed by atoms with van der Waals surface area (Å²) in [6, 6.07) is 10.2. The summed E-state index contributed by atoms with van der Waals surface area (Å²) in [7, 11) is -3.88. The van der Waals surface area contributed by atoms with Crippen molar-refractivity contribution in [1.29, 1.82) is 0 Å². The first-order valence-corrected chi connectivity index (χ1v) is 9.12. The van der Waals surface area contributed by atoms with Crippen LogP contribution in [0.1, 0.15) is 13.8 Å². The first-order chi connectivity index (χ1) is 11.8. The summed E-state index contributed by atoms with van der Waals surface area (Å²) in [5.41, 5.74) is 0.247. The molecule has 0 aromatic heterocycles. The Morgan fingerprint density at radius 1 is 1.20 bits per heavy atom. The number of nitrogens with one attached hydrogen (secondary N) is 2. The Kier molecular flexibility index (Phi) is 6.11. The highest BCUT2D eigenvalue weighted by atomic mass is 32.2. The van der Waals surface area contributed by atoms with Crippen LogP contribution in [-0.2, 0) is 14.8 Å². The molecule has 25 heavy (non-hydrogen) atoms. The van der Waals surface area contributed by atoms with Gasteiger partial charge in [0.25, 0.3) is 0 Å². The van der Waals surface area contributed by atoms with Crippen LogP contribution in [0.25, 0.3) is 0 Å². The van der Waals surface area contributed by atoms with Crippen LogP contribution in [-0.4, -0.2) is 27.0 Å². The first-order valence-electron chi connectivity index (χ1n) is 7.63. The molecule has 0 bridgehead atoms. The van der Waals surface area contributed by atoms with Crippen molar-refractivity contribution in [2.24, 2.45) is 0 Å². The molecule has 0 radical (unpaired) electrons. The van der Waals surface area contributed by atoms with E-state index in [1.54, 1.807) is 0 Å². The molecule has 0 aliphatic rings. The molecule has 2 aromatic carbocycles. The molecule has 0 fully saturated rings. The van der Waals surface area contributed by atoms with Gasteiger partial charge in [-0.05, 0) is 56.3 Å². The van der Waals surface area contributed by atoms with Gasteiger partial charge in [0.2, 0.25) is 15.9 Å². The van der Waals surface area contributed by atoms with Crippen LogP contribution in [0, 0.1) is 5.82 Å². The maximum atomic E-state index is 13.1. The third-order valence-corrected chi connectivity index (χ3v) is 4.82. The molecule has 6 nitrogen and oxygen atoms in total. The standard InChI is InChI=1S/C17H19FN2O4S/c1-3-24-15-7-9-16(10-8-15)25(22,23)20-12(2)17(21)19-14-6-4-5-13(18)11-14/h4-12,20H,3H2,1-2H3,(H,19,21)/t12-/m1/s1. The van der Waals surface area contributed by atoms with Crippen LogP contribution in [0.5, 0.6) is 5.75 Å². The van der Waals surface area contributed by atoms with E-state index in [0.717, 1.165) is 6.07 Å².